The summed E-state index contributed by atoms with van der Waals surface area (Å²) in [4.78, 5) is 29.4. The Bertz CT molecular complexity index is 1330. The van der Waals surface area contributed by atoms with Gasteiger partial charge in [-0.15, -0.1) is 0 Å². The van der Waals surface area contributed by atoms with Gasteiger partial charge in [-0.05, 0) is 49.2 Å². The molecule has 0 aliphatic carbocycles. The van der Waals surface area contributed by atoms with Crippen LogP contribution in [0.2, 0.25) is 0 Å². The molecule has 0 radical (unpaired) electrons. The highest BCUT2D eigenvalue weighted by molar-refractivity contribution is 5.91. The second-order valence-electron chi connectivity index (χ2n) is 7.03. The van der Waals surface area contributed by atoms with Gasteiger partial charge < -0.3 is 9.84 Å². The maximum atomic E-state index is 14.0. The van der Waals surface area contributed by atoms with Crippen LogP contribution in [0.4, 0.5) is 10.1 Å². The normalized spacial score (nSPS) is 10.8. The third kappa shape index (κ3) is 4.13. The highest BCUT2D eigenvalue weighted by Gasteiger charge is 2.18. The van der Waals surface area contributed by atoms with Gasteiger partial charge in [0, 0.05) is 11.8 Å². The maximum Gasteiger partial charge on any atom is 0.274 e. The zero-order chi connectivity index (χ0) is 22.0. The number of halogens is 1. The lowest BCUT2D eigenvalue weighted by Crippen LogP contribution is -2.28. The summed E-state index contributed by atoms with van der Waals surface area (Å²) < 4.78 is 20.5. The van der Waals surface area contributed by atoms with Crippen molar-refractivity contribution < 1.29 is 13.7 Å². The number of anilines is 1. The third-order valence-corrected chi connectivity index (χ3v) is 4.99. The van der Waals surface area contributed by atoms with Crippen molar-refractivity contribution in [3.8, 4) is 23.0 Å². The average Bonchev–Trinajstić information content (AvgIpc) is 3.23. The lowest BCUT2D eigenvalue weighted by atomic mass is 10.1. The third-order valence-electron chi connectivity index (χ3n) is 4.99. The molecule has 0 saturated carbocycles. The molecule has 0 fully saturated rings. The molecule has 1 amide bonds. The fourth-order valence-corrected chi connectivity index (χ4v) is 3.17. The molecule has 31 heavy (non-hydrogen) atoms. The molecule has 156 valence electrons. The van der Waals surface area contributed by atoms with E-state index in [1.807, 2.05) is 26.0 Å². The van der Waals surface area contributed by atoms with E-state index in [1.54, 1.807) is 24.3 Å². The van der Waals surface area contributed by atoms with Crippen LogP contribution < -0.4 is 10.9 Å². The first-order valence-corrected chi connectivity index (χ1v) is 9.59. The molecule has 0 bridgehead atoms. The lowest BCUT2D eigenvalue weighted by molar-refractivity contribution is -0.116. The Balaban J connectivity index is 1.64. The van der Waals surface area contributed by atoms with Crippen LogP contribution in [-0.4, -0.2) is 20.6 Å². The van der Waals surface area contributed by atoms with Gasteiger partial charge in [0.15, 0.2) is 0 Å². The lowest BCUT2D eigenvalue weighted by Gasteiger charge is -2.12. The second kappa shape index (κ2) is 8.35. The monoisotopic (exact) mass is 418 g/mol. The van der Waals surface area contributed by atoms with E-state index in [0.717, 1.165) is 11.1 Å². The molecule has 0 aliphatic rings. The fraction of sp³-hybridized carbons (Fsp3) is 0.130. The van der Waals surface area contributed by atoms with Crippen molar-refractivity contribution in [1.29, 1.82) is 0 Å². The Kier molecular flexibility index (Phi) is 5.44. The number of hydrogen-bond donors (Lipinski definition) is 1. The van der Waals surface area contributed by atoms with E-state index in [0.29, 0.717) is 5.69 Å². The Morgan fingerprint density at radius 1 is 1.06 bits per heavy atom. The molecule has 0 atom stereocenters. The average molecular weight is 418 g/mol. The zero-order valence-corrected chi connectivity index (χ0v) is 16.9. The van der Waals surface area contributed by atoms with E-state index in [2.05, 4.69) is 15.5 Å². The van der Waals surface area contributed by atoms with Crippen LogP contribution in [0.25, 0.3) is 23.0 Å². The number of rotatable bonds is 5. The smallest absolute Gasteiger partial charge is 0.274 e. The van der Waals surface area contributed by atoms with E-state index in [1.165, 1.54) is 28.8 Å². The quantitative estimate of drug-likeness (QED) is 0.530. The van der Waals surface area contributed by atoms with Gasteiger partial charge in [-0.25, -0.2) is 4.39 Å². The molecular formula is C23H19FN4O3. The van der Waals surface area contributed by atoms with Crippen molar-refractivity contribution in [2.24, 2.45) is 0 Å². The molecule has 0 unspecified atom stereocenters. The van der Waals surface area contributed by atoms with Crippen LogP contribution in [-0.2, 0) is 11.3 Å². The van der Waals surface area contributed by atoms with Crippen LogP contribution in [0, 0.1) is 19.7 Å². The van der Waals surface area contributed by atoms with Gasteiger partial charge in [-0.3, -0.25) is 14.2 Å². The summed E-state index contributed by atoms with van der Waals surface area (Å²) in [7, 11) is 0. The first-order chi connectivity index (χ1) is 14.9. The highest BCUT2D eigenvalue weighted by atomic mass is 19.1. The van der Waals surface area contributed by atoms with Crippen LogP contribution in [0.5, 0.6) is 0 Å². The molecule has 1 N–H and O–H groups in total. The molecule has 0 saturated heterocycles. The minimum atomic E-state index is -0.492. The fourth-order valence-electron chi connectivity index (χ4n) is 3.17. The predicted octanol–water partition coefficient (Wildman–Crippen LogP) is 3.96. The standard InChI is InChI=1S/C23H19FN4O3/c1-14-7-5-10-18(15(14)2)25-20(29)13-28-19(11-6-12-21(28)30)23-26-22(27-31-23)16-8-3-4-9-17(16)24/h3-12H,13H2,1-2H3,(H,25,29). The summed E-state index contributed by atoms with van der Waals surface area (Å²) in [5.41, 5.74) is 2.70. The summed E-state index contributed by atoms with van der Waals surface area (Å²) in [6.07, 6.45) is 0. The van der Waals surface area contributed by atoms with Gasteiger partial charge in [-0.1, -0.05) is 35.5 Å². The molecule has 0 spiro atoms. The summed E-state index contributed by atoms with van der Waals surface area (Å²) in [5, 5.41) is 6.65. The number of carbonyl (C=O) groups excluding carboxylic acids is 1. The van der Waals surface area contributed by atoms with E-state index in [4.69, 9.17) is 4.52 Å². The molecule has 7 nitrogen and oxygen atoms in total. The molecule has 2 aromatic carbocycles. The summed E-state index contributed by atoms with van der Waals surface area (Å²) >= 11 is 0. The van der Waals surface area contributed by atoms with Crippen LogP contribution in [0.15, 0.2) is 70.0 Å². The highest BCUT2D eigenvalue weighted by Crippen LogP contribution is 2.24. The summed E-state index contributed by atoms with van der Waals surface area (Å²) in [6, 6.07) is 16.1. The minimum Gasteiger partial charge on any atom is -0.332 e. The van der Waals surface area contributed by atoms with Gasteiger partial charge in [-0.2, -0.15) is 4.98 Å². The maximum absolute atomic E-state index is 14.0. The van der Waals surface area contributed by atoms with Gasteiger partial charge in [0.05, 0.1) is 5.56 Å². The van der Waals surface area contributed by atoms with Crippen molar-refractivity contribution >= 4 is 11.6 Å². The number of amides is 1. The summed E-state index contributed by atoms with van der Waals surface area (Å²) in [6.45, 7) is 3.61. The Labute approximate surface area is 177 Å². The molecule has 2 heterocycles. The van der Waals surface area contributed by atoms with Crippen molar-refractivity contribution in [2.45, 2.75) is 20.4 Å². The van der Waals surface area contributed by atoms with E-state index in [9.17, 15) is 14.0 Å². The van der Waals surface area contributed by atoms with Crippen LogP contribution >= 0.6 is 0 Å². The van der Waals surface area contributed by atoms with Crippen molar-refractivity contribution in [2.75, 3.05) is 5.32 Å². The van der Waals surface area contributed by atoms with Gasteiger partial charge >= 0.3 is 0 Å². The number of nitrogens with one attached hydrogen (secondary N) is 1. The second-order valence-corrected chi connectivity index (χ2v) is 7.03. The topological polar surface area (TPSA) is 90.0 Å². The number of aryl methyl sites for hydroxylation is 1. The van der Waals surface area contributed by atoms with Gasteiger partial charge in [0.25, 0.3) is 11.4 Å². The number of hydrogen-bond acceptors (Lipinski definition) is 5. The molecule has 4 rings (SSSR count). The number of nitrogens with zero attached hydrogens (tertiary/aromatic N) is 3. The molecule has 8 heteroatoms. The molecule has 0 aliphatic heterocycles. The van der Waals surface area contributed by atoms with E-state index < -0.39 is 11.4 Å². The van der Waals surface area contributed by atoms with Gasteiger partial charge in [0.2, 0.25) is 11.7 Å². The van der Waals surface area contributed by atoms with Crippen LogP contribution in [0.1, 0.15) is 11.1 Å². The minimum absolute atomic E-state index is 0.00971. The number of benzene rings is 2. The Hall–Kier alpha value is -4.07. The van der Waals surface area contributed by atoms with Crippen molar-refractivity contribution in [3.05, 3.63) is 88.0 Å². The van der Waals surface area contributed by atoms with Gasteiger partial charge in [0.1, 0.15) is 18.1 Å². The first kappa shape index (κ1) is 20.2. The summed E-state index contributed by atoms with van der Waals surface area (Å²) in [5.74, 6) is -0.809. The predicted molar refractivity (Wildman–Crippen MR) is 114 cm³/mol. The SMILES string of the molecule is Cc1cccc(NC(=O)Cn2c(-c3nc(-c4ccccc4F)no3)cccc2=O)c1C. The first-order valence-electron chi connectivity index (χ1n) is 9.59. The molecule has 2 aromatic heterocycles. The van der Waals surface area contributed by atoms with E-state index in [-0.39, 0.29) is 35.4 Å². The number of pyridine rings is 1. The van der Waals surface area contributed by atoms with Crippen LogP contribution in [0.3, 0.4) is 0 Å². The molecule has 4 aromatic rings. The van der Waals surface area contributed by atoms with Crippen molar-refractivity contribution in [3.63, 3.8) is 0 Å². The number of aromatic nitrogens is 3. The van der Waals surface area contributed by atoms with E-state index >= 15 is 0 Å². The largest absolute Gasteiger partial charge is 0.332 e. The Morgan fingerprint density at radius 2 is 1.84 bits per heavy atom. The Morgan fingerprint density at radius 3 is 2.65 bits per heavy atom. The number of carbonyl (C=O) groups is 1. The van der Waals surface area contributed by atoms with Crippen molar-refractivity contribution in [1.82, 2.24) is 14.7 Å². The molecular weight excluding hydrogens is 399 g/mol. The zero-order valence-electron chi connectivity index (χ0n) is 16.9.